The third kappa shape index (κ3) is 1.70. The van der Waals surface area contributed by atoms with Crippen LogP contribution in [0.25, 0.3) is 16.5 Å². The van der Waals surface area contributed by atoms with Crippen LogP contribution < -0.4 is 0 Å². The Balaban J connectivity index is 2.71. The van der Waals surface area contributed by atoms with E-state index >= 15 is 0 Å². The first-order valence-corrected chi connectivity index (χ1v) is 5.10. The summed E-state index contributed by atoms with van der Waals surface area (Å²) < 4.78 is 5.65. The molecule has 0 aliphatic rings. The molecule has 2 heteroatoms. The quantitative estimate of drug-likeness (QED) is 0.603. The largest absolute Gasteiger partial charge is 0.500 e. The Kier molecular flexibility index (Phi) is 2.73. The Bertz CT molecular complexity index is 568. The van der Waals surface area contributed by atoms with Gasteiger partial charge in [-0.05, 0) is 13.0 Å². The van der Waals surface area contributed by atoms with Crippen LogP contribution in [0.2, 0.25) is 0 Å². The van der Waals surface area contributed by atoms with E-state index in [-0.39, 0.29) is 5.75 Å². The highest BCUT2D eigenvalue weighted by Crippen LogP contribution is 2.30. The fraction of sp³-hybridized carbons (Fsp3) is 0.0714. The van der Waals surface area contributed by atoms with Crippen LogP contribution in [-0.2, 0) is 0 Å². The number of hydrogen-bond acceptors (Lipinski definition) is 1. The zero-order chi connectivity index (χ0) is 11.5. The first-order valence-electron chi connectivity index (χ1n) is 5.10. The van der Waals surface area contributed by atoms with Crippen molar-refractivity contribution in [1.29, 1.82) is 0 Å². The number of para-hydroxylation sites is 1. The maximum Gasteiger partial charge on any atom is 0.401 e. The minimum Gasteiger partial charge on any atom is -0.500 e. The molecule has 1 N–H and O–H groups in total. The molecule has 2 nitrogen and oxygen atoms in total. The summed E-state index contributed by atoms with van der Waals surface area (Å²) in [5, 5.41) is 10.7. The van der Waals surface area contributed by atoms with E-state index in [9.17, 15) is 5.11 Å². The number of aromatic hydroxyl groups is 1. The van der Waals surface area contributed by atoms with Gasteiger partial charge in [-0.2, -0.15) is 0 Å². The molecule has 0 spiro atoms. The van der Waals surface area contributed by atoms with Crippen LogP contribution in [-0.4, -0.2) is 5.11 Å². The molecule has 2 aromatic rings. The van der Waals surface area contributed by atoms with Crippen molar-refractivity contribution < 1.29 is 9.52 Å². The van der Waals surface area contributed by atoms with Crippen LogP contribution in [0.5, 0.6) is 5.75 Å². The lowest BCUT2D eigenvalue weighted by Gasteiger charge is -1.95. The molecule has 0 atom stereocenters. The molecule has 0 bridgehead atoms. The summed E-state index contributed by atoms with van der Waals surface area (Å²) in [4.78, 5) is 0. The molecule has 0 unspecified atom stereocenters. The van der Waals surface area contributed by atoms with Gasteiger partial charge >= 0.3 is 11.3 Å². The SMILES string of the molecule is C=CC(=CC)c1[o+]c2ccccc2cc1O. The average molecular weight is 213 g/mol. The van der Waals surface area contributed by atoms with Gasteiger partial charge in [0.05, 0.1) is 11.0 Å². The topological polar surface area (TPSA) is 31.5 Å². The summed E-state index contributed by atoms with van der Waals surface area (Å²) in [7, 11) is 0. The molecular formula is C14H13O2+. The number of benzene rings is 1. The first-order chi connectivity index (χ1) is 7.76. The fourth-order valence-corrected chi connectivity index (χ4v) is 1.62. The second-order valence-corrected chi connectivity index (χ2v) is 3.45. The summed E-state index contributed by atoms with van der Waals surface area (Å²) in [6.07, 6.45) is 3.51. The Hall–Kier alpha value is -2.09. The molecule has 16 heavy (non-hydrogen) atoms. The van der Waals surface area contributed by atoms with Crippen LogP contribution in [0, 0.1) is 0 Å². The number of allylic oxidation sites excluding steroid dienone is 3. The zero-order valence-electron chi connectivity index (χ0n) is 9.10. The van der Waals surface area contributed by atoms with Gasteiger partial charge < -0.3 is 5.11 Å². The van der Waals surface area contributed by atoms with Crippen LogP contribution in [0.3, 0.4) is 0 Å². The van der Waals surface area contributed by atoms with Crippen molar-refractivity contribution in [1.82, 2.24) is 0 Å². The van der Waals surface area contributed by atoms with Crippen molar-refractivity contribution in [2.24, 2.45) is 0 Å². The van der Waals surface area contributed by atoms with Gasteiger partial charge in [0.1, 0.15) is 0 Å². The third-order valence-corrected chi connectivity index (χ3v) is 2.45. The predicted molar refractivity (Wildman–Crippen MR) is 66.1 cm³/mol. The average Bonchev–Trinajstić information content (AvgIpc) is 2.31. The van der Waals surface area contributed by atoms with E-state index in [1.54, 1.807) is 12.1 Å². The van der Waals surface area contributed by atoms with Crippen molar-refractivity contribution in [3.63, 3.8) is 0 Å². The van der Waals surface area contributed by atoms with E-state index in [0.29, 0.717) is 5.76 Å². The van der Waals surface area contributed by atoms with Crippen molar-refractivity contribution in [3.05, 3.63) is 54.8 Å². The molecule has 1 aromatic carbocycles. The molecule has 0 amide bonds. The van der Waals surface area contributed by atoms with Crippen molar-refractivity contribution in [2.75, 3.05) is 0 Å². The van der Waals surface area contributed by atoms with Gasteiger partial charge in [0, 0.05) is 12.1 Å². The van der Waals surface area contributed by atoms with Crippen LogP contribution in [0.15, 0.2) is 53.5 Å². The van der Waals surface area contributed by atoms with Gasteiger partial charge in [0.25, 0.3) is 0 Å². The molecule has 0 fully saturated rings. The Labute approximate surface area is 94.2 Å². The molecule has 0 aliphatic heterocycles. The lowest BCUT2D eigenvalue weighted by molar-refractivity contribution is 0.441. The summed E-state index contributed by atoms with van der Waals surface area (Å²) >= 11 is 0. The lowest BCUT2D eigenvalue weighted by Crippen LogP contribution is -1.83. The maximum absolute atomic E-state index is 9.86. The normalized spacial score (nSPS) is 11.7. The summed E-state index contributed by atoms with van der Waals surface area (Å²) in [5.41, 5.74) is 1.53. The summed E-state index contributed by atoms with van der Waals surface area (Å²) in [6.45, 7) is 5.57. The van der Waals surface area contributed by atoms with Gasteiger partial charge in [-0.15, -0.1) is 0 Å². The predicted octanol–water partition coefficient (Wildman–Crippen LogP) is 4.01. The molecular weight excluding hydrogens is 200 g/mol. The zero-order valence-corrected chi connectivity index (χ0v) is 9.10. The number of rotatable bonds is 2. The molecule has 0 radical (unpaired) electrons. The standard InChI is InChI=1S/C14H12O2/c1-3-10(4-2)14-12(15)9-11-7-5-6-8-13(11)16-14/h3-9H,1H2,2H3/p+1. The number of hydrogen-bond donors (Lipinski definition) is 1. The van der Waals surface area contributed by atoms with E-state index in [4.69, 9.17) is 4.42 Å². The Morgan fingerprint density at radius 1 is 1.38 bits per heavy atom. The summed E-state index contributed by atoms with van der Waals surface area (Å²) in [5.74, 6) is 0.586. The second kappa shape index (κ2) is 4.19. The van der Waals surface area contributed by atoms with Gasteiger partial charge in [0.15, 0.2) is 0 Å². The highest BCUT2D eigenvalue weighted by Gasteiger charge is 2.20. The van der Waals surface area contributed by atoms with Crippen LogP contribution in [0.1, 0.15) is 12.7 Å². The third-order valence-electron chi connectivity index (χ3n) is 2.45. The molecule has 2 rings (SSSR count). The van der Waals surface area contributed by atoms with Crippen LogP contribution >= 0.6 is 0 Å². The Morgan fingerprint density at radius 2 is 2.12 bits per heavy atom. The van der Waals surface area contributed by atoms with Crippen LogP contribution in [0.4, 0.5) is 0 Å². The molecule has 0 saturated carbocycles. The number of fused-ring (bicyclic) bond motifs is 1. The molecule has 1 heterocycles. The highest BCUT2D eigenvalue weighted by molar-refractivity contribution is 5.82. The van der Waals surface area contributed by atoms with E-state index in [2.05, 4.69) is 6.58 Å². The van der Waals surface area contributed by atoms with Gasteiger partial charge in [0.2, 0.25) is 5.75 Å². The maximum atomic E-state index is 9.86. The fourth-order valence-electron chi connectivity index (χ4n) is 1.62. The van der Waals surface area contributed by atoms with E-state index in [1.807, 2.05) is 37.3 Å². The van der Waals surface area contributed by atoms with E-state index in [1.165, 1.54) is 0 Å². The Morgan fingerprint density at radius 3 is 2.81 bits per heavy atom. The van der Waals surface area contributed by atoms with Crippen molar-refractivity contribution in [3.8, 4) is 5.75 Å². The smallest absolute Gasteiger partial charge is 0.401 e. The van der Waals surface area contributed by atoms with Gasteiger partial charge in [-0.3, -0.25) is 0 Å². The van der Waals surface area contributed by atoms with E-state index < -0.39 is 0 Å². The molecule has 80 valence electrons. The molecule has 1 aromatic heterocycles. The molecule has 0 aliphatic carbocycles. The first kappa shape index (κ1) is 10.4. The minimum absolute atomic E-state index is 0.131. The second-order valence-electron chi connectivity index (χ2n) is 3.45. The highest BCUT2D eigenvalue weighted by atomic mass is 16.4. The van der Waals surface area contributed by atoms with E-state index in [0.717, 1.165) is 16.5 Å². The van der Waals surface area contributed by atoms with Gasteiger partial charge in [-0.1, -0.05) is 30.9 Å². The monoisotopic (exact) mass is 213 g/mol. The minimum atomic E-state index is 0.131. The van der Waals surface area contributed by atoms with Crippen molar-refractivity contribution in [2.45, 2.75) is 6.92 Å². The van der Waals surface area contributed by atoms with Crippen molar-refractivity contribution >= 4 is 16.5 Å². The van der Waals surface area contributed by atoms with Gasteiger partial charge in [-0.25, -0.2) is 4.42 Å². The summed E-state index contributed by atoms with van der Waals surface area (Å²) in [6, 6.07) is 9.26. The molecule has 0 saturated heterocycles. The lowest BCUT2D eigenvalue weighted by atomic mass is 10.1.